The predicted octanol–water partition coefficient (Wildman–Crippen LogP) is 2.61. The number of carbonyl (C=O) groups is 2. The first-order valence-corrected chi connectivity index (χ1v) is 7.11. The van der Waals surface area contributed by atoms with Crippen LogP contribution in [0.4, 0.5) is 10.5 Å². The van der Waals surface area contributed by atoms with Gasteiger partial charge < -0.3 is 20.5 Å². The predicted molar refractivity (Wildman–Crippen MR) is 81.5 cm³/mol. The van der Waals surface area contributed by atoms with Gasteiger partial charge in [0.05, 0.1) is 24.8 Å². The van der Waals surface area contributed by atoms with E-state index in [4.69, 9.17) is 9.84 Å². The first kappa shape index (κ1) is 15.4. The number of hydrogen-bond donors (Lipinski definition) is 3. The van der Waals surface area contributed by atoms with E-state index in [9.17, 15) is 9.59 Å². The summed E-state index contributed by atoms with van der Waals surface area (Å²) in [5.41, 5.74) is 0.529. The zero-order valence-corrected chi connectivity index (χ0v) is 12.9. The lowest BCUT2D eigenvalue weighted by atomic mass is 10.1. The van der Waals surface area contributed by atoms with Gasteiger partial charge in [0.25, 0.3) is 0 Å². The second kappa shape index (κ2) is 6.62. The van der Waals surface area contributed by atoms with Crippen molar-refractivity contribution in [2.45, 2.75) is 12.5 Å². The van der Waals surface area contributed by atoms with Gasteiger partial charge >= 0.3 is 12.0 Å². The van der Waals surface area contributed by atoms with E-state index < -0.39 is 17.9 Å². The molecule has 0 radical (unpaired) electrons. The largest absolute Gasteiger partial charge is 0.495 e. The minimum atomic E-state index is -0.885. The summed E-state index contributed by atoms with van der Waals surface area (Å²) in [5, 5.41) is 14.3. The molecule has 1 aromatic rings. The molecule has 1 aliphatic rings. The van der Waals surface area contributed by atoms with Crippen LogP contribution in [0, 0.1) is 5.92 Å². The van der Waals surface area contributed by atoms with Gasteiger partial charge in [-0.05, 0) is 24.6 Å². The standard InChI is InChI=1S/C14H15BrN2O4/c1-21-12-5-3-9(15)7-11(12)17-14(20)16-10-4-2-8(6-10)13(18)19/h2-5,7-8,10H,6H2,1H3,(H,18,19)(H2,16,17,20). The lowest BCUT2D eigenvalue weighted by molar-refractivity contribution is -0.140. The topological polar surface area (TPSA) is 87.7 Å². The van der Waals surface area contributed by atoms with Crippen LogP contribution in [0.1, 0.15) is 6.42 Å². The molecule has 2 rings (SSSR count). The number of methoxy groups -OCH3 is 1. The number of ether oxygens (including phenoxy) is 1. The number of benzene rings is 1. The molecule has 6 nitrogen and oxygen atoms in total. The molecule has 0 aliphatic heterocycles. The summed E-state index contributed by atoms with van der Waals surface area (Å²) >= 11 is 3.32. The van der Waals surface area contributed by atoms with Crippen molar-refractivity contribution in [3.8, 4) is 5.75 Å². The highest BCUT2D eigenvalue weighted by atomic mass is 79.9. The fourth-order valence-corrected chi connectivity index (χ4v) is 2.45. The Morgan fingerprint density at radius 2 is 2.14 bits per heavy atom. The molecular weight excluding hydrogens is 340 g/mol. The van der Waals surface area contributed by atoms with Crippen molar-refractivity contribution >= 4 is 33.6 Å². The van der Waals surface area contributed by atoms with Crippen molar-refractivity contribution in [3.63, 3.8) is 0 Å². The Morgan fingerprint density at radius 1 is 1.38 bits per heavy atom. The molecule has 1 aliphatic carbocycles. The lowest BCUT2D eigenvalue weighted by Gasteiger charge is -2.15. The average molecular weight is 355 g/mol. The normalized spacial score (nSPS) is 20.1. The Morgan fingerprint density at radius 3 is 2.76 bits per heavy atom. The van der Waals surface area contributed by atoms with Gasteiger partial charge in [-0.2, -0.15) is 0 Å². The maximum absolute atomic E-state index is 12.0. The molecule has 2 amide bonds. The molecule has 0 bridgehead atoms. The van der Waals surface area contributed by atoms with E-state index in [0.29, 0.717) is 17.9 Å². The van der Waals surface area contributed by atoms with Crippen LogP contribution >= 0.6 is 15.9 Å². The Hall–Kier alpha value is -2.02. The van der Waals surface area contributed by atoms with Crippen LogP contribution in [0.15, 0.2) is 34.8 Å². The van der Waals surface area contributed by atoms with Gasteiger partial charge in [0.2, 0.25) is 0 Å². The molecule has 0 saturated carbocycles. The maximum atomic E-state index is 12.0. The fourth-order valence-electron chi connectivity index (χ4n) is 2.09. The third-order valence-corrected chi connectivity index (χ3v) is 3.62. The van der Waals surface area contributed by atoms with Crippen LogP contribution in [-0.2, 0) is 4.79 Å². The molecular formula is C14H15BrN2O4. The minimum absolute atomic E-state index is 0.288. The van der Waals surface area contributed by atoms with Crippen molar-refractivity contribution < 1.29 is 19.4 Å². The number of carboxylic acids is 1. The molecule has 112 valence electrons. The third kappa shape index (κ3) is 3.98. The summed E-state index contributed by atoms with van der Waals surface area (Å²) in [5.74, 6) is -0.890. The zero-order chi connectivity index (χ0) is 15.4. The molecule has 7 heteroatoms. The maximum Gasteiger partial charge on any atom is 0.319 e. The monoisotopic (exact) mass is 354 g/mol. The van der Waals surface area contributed by atoms with E-state index >= 15 is 0 Å². The van der Waals surface area contributed by atoms with E-state index in [0.717, 1.165) is 4.47 Å². The van der Waals surface area contributed by atoms with Gasteiger partial charge in [0.1, 0.15) is 5.75 Å². The van der Waals surface area contributed by atoms with Crippen LogP contribution in [0.2, 0.25) is 0 Å². The number of carbonyl (C=O) groups excluding carboxylic acids is 1. The summed E-state index contributed by atoms with van der Waals surface area (Å²) in [6, 6.07) is 4.56. The molecule has 2 atom stereocenters. The van der Waals surface area contributed by atoms with Crippen molar-refractivity contribution in [1.82, 2.24) is 5.32 Å². The minimum Gasteiger partial charge on any atom is -0.495 e. The highest BCUT2D eigenvalue weighted by molar-refractivity contribution is 9.10. The fraction of sp³-hybridized carbons (Fsp3) is 0.286. The lowest BCUT2D eigenvalue weighted by Crippen LogP contribution is -2.36. The average Bonchev–Trinajstić information content (AvgIpc) is 2.87. The third-order valence-electron chi connectivity index (χ3n) is 3.13. The Bertz CT molecular complexity index is 588. The van der Waals surface area contributed by atoms with Crippen molar-refractivity contribution in [2.24, 2.45) is 5.92 Å². The van der Waals surface area contributed by atoms with Crippen molar-refractivity contribution in [2.75, 3.05) is 12.4 Å². The first-order valence-electron chi connectivity index (χ1n) is 6.32. The highest BCUT2D eigenvalue weighted by Gasteiger charge is 2.25. The molecule has 0 aromatic heterocycles. The molecule has 1 aromatic carbocycles. The molecule has 0 fully saturated rings. The van der Waals surface area contributed by atoms with Crippen LogP contribution in [-0.4, -0.2) is 30.3 Å². The SMILES string of the molecule is COc1ccc(Br)cc1NC(=O)NC1C=CC(C(=O)O)C1. The Labute approximate surface area is 130 Å². The van der Waals surface area contributed by atoms with Gasteiger partial charge in [-0.1, -0.05) is 28.1 Å². The number of urea groups is 1. The highest BCUT2D eigenvalue weighted by Crippen LogP contribution is 2.28. The van der Waals surface area contributed by atoms with E-state index in [2.05, 4.69) is 26.6 Å². The number of anilines is 1. The second-order valence-corrected chi connectivity index (χ2v) is 5.53. The Balaban J connectivity index is 1.95. The second-order valence-electron chi connectivity index (χ2n) is 4.61. The van der Waals surface area contributed by atoms with Gasteiger partial charge in [0, 0.05) is 4.47 Å². The quantitative estimate of drug-likeness (QED) is 0.725. The molecule has 0 heterocycles. The molecule has 0 spiro atoms. The number of nitrogens with one attached hydrogen (secondary N) is 2. The summed E-state index contributed by atoms with van der Waals surface area (Å²) in [4.78, 5) is 22.8. The summed E-state index contributed by atoms with van der Waals surface area (Å²) < 4.78 is 5.98. The summed E-state index contributed by atoms with van der Waals surface area (Å²) in [7, 11) is 1.52. The smallest absolute Gasteiger partial charge is 0.319 e. The van der Waals surface area contributed by atoms with Crippen LogP contribution in [0.5, 0.6) is 5.75 Å². The number of aliphatic carboxylic acids is 1. The van der Waals surface area contributed by atoms with E-state index in [1.807, 2.05) is 0 Å². The van der Waals surface area contributed by atoms with Gasteiger partial charge in [-0.3, -0.25) is 4.79 Å². The van der Waals surface area contributed by atoms with Gasteiger partial charge in [0.15, 0.2) is 0 Å². The number of halogens is 1. The zero-order valence-electron chi connectivity index (χ0n) is 11.3. The molecule has 2 unspecified atom stereocenters. The van der Waals surface area contributed by atoms with Crippen molar-refractivity contribution in [3.05, 3.63) is 34.8 Å². The number of amides is 2. The Kier molecular flexibility index (Phi) is 4.85. The van der Waals surface area contributed by atoms with E-state index in [1.54, 1.807) is 30.4 Å². The number of hydrogen-bond acceptors (Lipinski definition) is 3. The van der Waals surface area contributed by atoms with Crippen LogP contribution < -0.4 is 15.4 Å². The van der Waals surface area contributed by atoms with Crippen LogP contribution in [0.3, 0.4) is 0 Å². The van der Waals surface area contributed by atoms with E-state index in [1.165, 1.54) is 7.11 Å². The van der Waals surface area contributed by atoms with Crippen LogP contribution in [0.25, 0.3) is 0 Å². The summed E-state index contributed by atoms with van der Waals surface area (Å²) in [6.45, 7) is 0. The first-order chi connectivity index (χ1) is 9.99. The van der Waals surface area contributed by atoms with Crippen molar-refractivity contribution in [1.29, 1.82) is 0 Å². The molecule has 0 saturated heterocycles. The molecule has 21 heavy (non-hydrogen) atoms. The van der Waals surface area contributed by atoms with Gasteiger partial charge in [-0.25, -0.2) is 4.79 Å². The molecule has 3 N–H and O–H groups in total. The van der Waals surface area contributed by atoms with Gasteiger partial charge in [-0.15, -0.1) is 0 Å². The number of rotatable bonds is 4. The van der Waals surface area contributed by atoms with E-state index in [-0.39, 0.29) is 6.04 Å². The summed E-state index contributed by atoms with van der Waals surface area (Å²) in [6.07, 6.45) is 3.64. The number of carboxylic acid groups (broad SMARTS) is 1.